The Hall–Kier alpha value is -1.62. The fourth-order valence-electron chi connectivity index (χ4n) is 0.931. The predicted octanol–water partition coefficient (Wildman–Crippen LogP) is 3.31. The van der Waals surface area contributed by atoms with Crippen LogP contribution in [0.4, 0.5) is 0 Å². The molecule has 0 bridgehead atoms. The Balaban J connectivity index is 2.80. The van der Waals surface area contributed by atoms with Crippen molar-refractivity contribution in [3.8, 4) is 11.8 Å². The van der Waals surface area contributed by atoms with E-state index < -0.39 is 0 Å². The Morgan fingerprint density at radius 2 is 2.36 bits per heavy atom. The summed E-state index contributed by atoms with van der Waals surface area (Å²) in [5, 5.41) is 4.04. The van der Waals surface area contributed by atoms with Gasteiger partial charge in [0.2, 0.25) is 0 Å². The Morgan fingerprint density at radius 3 is 3.00 bits per heavy atom. The van der Waals surface area contributed by atoms with Gasteiger partial charge in [-0.15, -0.1) is 0 Å². The molecule has 3 nitrogen and oxygen atoms in total. The van der Waals surface area contributed by atoms with Crippen molar-refractivity contribution in [2.24, 2.45) is 5.11 Å². The van der Waals surface area contributed by atoms with Crippen LogP contribution < -0.4 is 0 Å². The maximum absolute atomic E-state index is 8.02. The Labute approximate surface area is 87.3 Å². The Kier molecular flexibility index (Phi) is 3.87. The van der Waals surface area contributed by atoms with E-state index in [0.717, 1.165) is 16.1 Å². The van der Waals surface area contributed by atoms with Crippen LogP contribution in [0.15, 0.2) is 23.3 Å². The van der Waals surface area contributed by atoms with E-state index in [0.29, 0.717) is 0 Å². The second-order valence-corrected chi connectivity index (χ2v) is 3.06. The number of halogens is 1. The van der Waals surface area contributed by atoms with E-state index in [-0.39, 0.29) is 6.54 Å². The molecule has 4 heteroatoms. The van der Waals surface area contributed by atoms with E-state index in [4.69, 9.17) is 17.1 Å². The molecule has 0 atom stereocenters. The van der Waals surface area contributed by atoms with E-state index in [1.807, 2.05) is 19.1 Å². The smallest absolute Gasteiger partial charge is 0.0880 e. The first-order valence-corrected chi connectivity index (χ1v) is 4.37. The lowest BCUT2D eigenvalue weighted by Gasteiger charge is -1.96. The Morgan fingerprint density at radius 1 is 1.57 bits per heavy atom. The lowest BCUT2D eigenvalue weighted by Crippen LogP contribution is -1.79. The Bertz CT molecular complexity index is 436. The van der Waals surface area contributed by atoms with Gasteiger partial charge in [0.05, 0.1) is 6.54 Å². The molecule has 1 aromatic rings. The molecule has 0 saturated heterocycles. The summed E-state index contributed by atoms with van der Waals surface area (Å²) in [6.07, 6.45) is 0. The first-order chi connectivity index (χ1) is 6.74. The number of aryl methyl sites for hydroxylation is 1. The minimum absolute atomic E-state index is 0.193. The van der Waals surface area contributed by atoms with E-state index in [2.05, 4.69) is 21.9 Å². The maximum Gasteiger partial charge on any atom is 0.0880 e. The van der Waals surface area contributed by atoms with Crippen molar-refractivity contribution in [3.05, 3.63) is 44.8 Å². The largest absolute Gasteiger partial charge is 0.0919 e. The van der Waals surface area contributed by atoms with Gasteiger partial charge in [0, 0.05) is 15.5 Å². The van der Waals surface area contributed by atoms with Crippen molar-refractivity contribution >= 4 is 11.6 Å². The van der Waals surface area contributed by atoms with Gasteiger partial charge in [0.1, 0.15) is 0 Å². The molecular formula is C10H8ClN3. The van der Waals surface area contributed by atoms with Crippen LogP contribution in [0, 0.1) is 18.8 Å². The summed E-state index contributed by atoms with van der Waals surface area (Å²) in [7, 11) is 0. The molecule has 0 radical (unpaired) electrons. The highest BCUT2D eigenvalue weighted by Gasteiger charge is 1.93. The lowest BCUT2D eigenvalue weighted by atomic mass is 10.1. The lowest BCUT2D eigenvalue weighted by molar-refractivity contribution is 1.25. The van der Waals surface area contributed by atoms with E-state index in [1.54, 1.807) is 6.07 Å². The van der Waals surface area contributed by atoms with Crippen LogP contribution in [0.1, 0.15) is 11.1 Å². The molecule has 0 spiro atoms. The first-order valence-electron chi connectivity index (χ1n) is 4.00. The van der Waals surface area contributed by atoms with Crippen molar-refractivity contribution in [2.75, 3.05) is 6.54 Å². The topological polar surface area (TPSA) is 48.8 Å². The van der Waals surface area contributed by atoms with E-state index in [9.17, 15) is 0 Å². The maximum atomic E-state index is 8.02. The zero-order chi connectivity index (χ0) is 10.4. The average Bonchev–Trinajstić information content (AvgIpc) is 2.18. The third kappa shape index (κ3) is 3.02. The molecule has 0 saturated carbocycles. The van der Waals surface area contributed by atoms with Crippen molar-refractivity contribution in [1.82, 2.24) is 0 Å². The summed E-state index contributed by atoms with van der Waals surface area (Å²) in [6, 6.07) is 5.53. The van der Waals surface area contributed by atoms with Crippen LogP contribution in [0.3, 0.4) is 0 Å². The van der Waals surface area contributed by atoms with Gasteiger partial charge >= 0.3 is 0 Å². The summed E-state index contributed by atoms with van der Waals surface area (Å²) in [4.78, 5) is 2.60. The molecule has 0 amide bonds. The summed E-state index contributed by atoms with van der Waals surface area (Å²) in [5.74, 6) is 5.61. The van der Waals surface area contributed by atoms with Gasteiger partial charge in [-0.2, -0.15) is 0 Å². The fraction of sp³-hybridized carbons (Fsp3) is 0.200. The molecule has 0 aliphatic carbocycles. The number of azide groups is 1. The van der Waals surface area contributed by atoms with Crippen LogP contribution in [0.5, 0.6) is 0 Å². The summed E-state index contributed by atoms with van der Waals surface area (Å²) in [5.41, 5.74) is 9.88. The molecule has 0 fully saturated rings. The zero-order valence-electron chi connectivity index (χ0n) is 7.66. The van der Waals surface area contributed by atoms with Gasteiger partial charge in [-0.3, -0.25) is 0 Å². The molecular weight excluding hydrogens is 198 g/mol. The molecule has 0 unspecified atom stereocenters. The molecule has 70 valence electrons. The molecule has 0 N–H and O–H groups in total. The highest BCUT2D eigenvalue weighted by molar-refractivity contribution is 6.31. The zero-order valence-corrected chi connectivity index (χ0v) is 8.41. The van der Waals surface area contributed by atoms with Gasteiger partial charge in [0.25, 0.3) is 0 Å². The summed E-state index contributed by atoms with van der Waals surface area (Å²) < 4.78 is 0. The normalized spacial score (nSPS) is 8.43. The SMILES string of the molecule is Cc1cc(C#CCN=[N+]=[N-])ccc1Cl. The molecule has 14 heavy (non-hydrogen) atoms. The average molecular weight is 206 g/mol. The van der Waals surface area contributed by atoms with Crippen LogP contribution in [0.25, 0.3) is 10.4 Å². The monoisotopic (exact) mass is 205 g/mol. The quantitative estimate of drug-likeness (QED) is 0.292. The van der Waals surface area contributed by atoms with Crippen LogP contribution in [0.2, 0.25) is 5.02 Å². The fourth-order valence-corrected chi connectivity index (χ4v) is 1.05. The minimum atomic E-state index is 0.193. The van der Waals surface area contributed by atoms with Gasteiger partial charge in [-0.25, -0.2) is 0 Å². The number of hydrogen-bond acceptors (Lipinski definition) is 1. The molecule has 1 aromatic carbocycles. The van der Waals surface area contributed by atoms with E-state index >= 15 is 0 Å². The summed E-state index contributed by atoms with van der Waals surface area (Å²) in [6.45, 7) is 2.11. The molecule has 0 aliphatic heterocycles. The number of hydrogen-bond donors (Lipinski definition) is 0. The molecule has 1 rings (SSSR count). The summed E-state index contributed by atoms with van der Waals surface area (Å²) >= 11 is 5.85. The third-order valence-corrected chi connectivity index (χ3v) is 2.03. The highest BCUT2D eigenvalue weighted by Crippen LogP contribution is 2.15. The number of nitrogens with zero attached hydrogens (tertiary/aromatic N) is 3. The number of benzene rings is 1. The van der Waals surface area contributed by atoms with Crippen molar-refractivity contribution in [2.45, 2.75) is 6.92 Å². The number of rotatable bonds is 1. The second-order valence-electron chi connectivity index (χ2n) is 2.65. The predicted molar refractivity (Wildman–Crippen MR) is 57.1 cm³/mol. The van der Waals surface area contributed by atoms with Crippen molar-refractivity contribution in [3.63, 3.8) is 0 Å². The third-order valence-electron chi connectivity index (χ3n) is 1.60. The van der Waals surface area contributed by atoms with Crippen molar-refractivity contribution < 1.29 is 0 Å². The molecule has 0 aromatic heterocycles. The van der Waals surface area contributed by atoms with Gasteiger partial charge in [-0.05, 0) is 36.2 Å². The highest BCUT2D eigenvalue weighted by atomic mass is 35.5. The van der Waals surface area contributed by atoms with Crippen LogP contribution in [-0.2, 0) is 0 Å². The first kappa shape index (κ1) is 10.5. The van der Waals surface area contributed by atoms with E-state index in [1.165, 1.54) is 0 Å². The minimum Gasteiger partial charge on any atom is -0.0919 e. The van der Waals surface area contributed by atoms with Crippen LogP contribution >= 0.6 is 11.6 Å². The molecule has 0 aliphatic rings. The van der Waals surface area contributed by atoms with Crippen LogP contribution in [-0.4, -0.2) is 6.54 Å². The molecule has 0 heterocycles. The standard InChI is InChI=1S/C10H8ClN3/c1-8-7-9(4-5-10(8)11)3-2-6-13-14-12/h4-5,7H,6H2,1H3. The van der Waals surface area contributed by atoms with Gasteiger partial charge < -0.3 is 0 Å². The second kappa shape index (κ2) is 5.18. The van der Waals surface area contributed by atoms with Gasteiger partial charge in [-0.1, -0.05) is 28.6 Å². The van der Waals surface area contributed by atoms with Gasteiger partial charge in [0.15, 0.2) is 0 Å². The van der Waals surface area contributed by atoms with Crippen molar-refractivity contribution in [1.29, 1.82) is 0 Å².